The number of nitrogens with two attached hydrogens (primary N) is 1. The minimum atomic E-state index is 0.0231. The Morgan fingerprint density at radius 1 is 1.50 bits per heavy atom. The van der Waals surface area contributed by atoms with Crippen LogP contribution in [0.5, 0.6) is 0 Å². The molecule has 18 heavy (non-hydrogen) atoms. The lowest BCUT2D eigenvalue weighted by Gasteiger charge is -2.29. The predicted molar refractivity (Wildman–Crippen MR) is 72.6 cm³/mol. The molecule has 1 heterocycles. The van der Waals surface area contributed by atoms with E-state index in [1.54, 1.807) is 4.90 Å². The minimum Gasteiger partial charge on any atom is -0.399 e. The summed E-state index contributed by atoms with van der Waals surface area (Å²) in [6.45, 7) is 3.57. The zero-order valence-electron chi connectivity index (χ0n) is 10.8. The number of amides is 1. The monoisotopic (exact) mass is 248 g/mol. The van der Waals surface area contributed by atoms with Gasteiger partial charge in [-0.2, -0.15) is 0 Å². The fraction of sp³-hybridized carbons (Fsp3) is 0.500. The van der Waals surface area contributed by atoms with Crippen molar-refractivity contribution in [2.45, 2.75) is 26.2 Å². The maximum Gasteiger partial charge on any atom is 0.252 e. The second-order valence-electron chi connectivity index (χ2n) is 4.59. The number of nitrogen functional groups attached to an aromatic ring is 1. The quantitative estimate of drug-likeness (QED) is 0.654. The molecule has 0 radical (unpaired) electrons. The van der Waals surface area contributed by atoms with Crippen LogP contribution in [0, 0.1) is 0 Å². The van der Waals surface area contributed by atoms with Crippen LogP contribution in [-0.4, -0.2) is 25.7 Å². The summed E-state index contributed by atoms with van der Waals surface area (Å²) >= 11 is 0. The van der Waals surface area contributed by atoms with E-state index in [4.69, 9.17) is 10.5 Å². The maximum absolute atomic E-state index is 12.1. The van der Waals surface area contributed by atoms with E-state index < -0.39 is 0 Å². The third-order valence-corrected chi connectivity index (χ3v) is 3.10. The second kappa shape index (κ2) is 5.87. The standard InChI is InChI=1S/C14H20N2O2/c1-2-8-18-10-14(17)16-7-3-4-11-5-6-12(15)9-13(11)16/h5-6,9H,2-4,7-8,10,15H2,1H3. The van der Waals surface area contributed by atoms with E-state index in [1.807, 2.05) is 25.1 Å². The van der Waals surface area contributed by atoms with Crippen molar-refractivity contribution in [1.29, 1.82) is 0 Å². The Hall–Kier alpha value is -1.55. The number of anilines is 2. The average molecular weight is 248 g/mol. The van der Waals surface area contributed by atoms with E-state index in [9.17, 15) is 4.79 Å². The Morgan fingerprint density at radius 3 is 3.11 bits per heavy atom. The molecule has 1 aliphatic rings. The molecule has 0 aromatic heterocycles. The Kier molecular flexibility index (Phi) is 4.20. The molecule has 0 saturated carbocycles. The number of rotatable bonds is 4. The van der Waals surface area contributed by atoms with Crippen LogP contribution < -0.4 is 10.6 Å². The summed E-state index contributed by atoms with van der Waals surface area (Å²) in [5, 5.41) is 0. The second-order valence-corrected chi connectivity index (χ2v) is 4.59. The van der Waals surface area contributed by atoms with E-state index in [0.29, 0.717) is 12.3 Å². The summed E-state index contributed by atoms with van der Waals surface area (Å²) in [4.78, 5) is 13.9. The number of nitrogens with zero attached hydrogens (tertiary/aromatic N) is 1. The van der Waals surface area contributed by atoms with Crippen molar-refractivity contribution in [3.05, 3.63) is 23.8 Å². The van der Waals surface area contributed by atoms with Gasteiger partial charge in [-0.05, 0) is 37.0 Å². The fourth-order valence-corrected chi connectivity index (χ4v) is 2.23. The van der Waals surface area contributed by atoms with E-state index in [0.717, 1.165) is 31.5 Å². The number of carbonyl (C=O) groups excluding carboxylic acids is 1. The molecule has 0 saturated heterocycles. The van der Waals surface area contributed by atoms with Gasteiger partial charge in [0.1, 0.15) is 6.61 Å². The van der Waals surface area contributed by atoms with Crippen molar-refractivity contribution >= 4 is 17.3 Å². The summed E-state index contributed by atoms with van der Waals surface area (Å²) in [5.74, 6) is 0.0231. The van der Waals surface area contributed by atoms with Crippen LogP contribution >= 0.6 is 0 Å². The summed E-state index contributed by atoms with van der Waals surface area (Å²) < 4.78 is 5.32. The number of benzene rings is 1. The highest BCUT2D eigenvalue weighted by Gasteiger charge is 2.22. The molecule has 0 unspecified atom stereocenters. The van der Waals surface area contributed by atoms with Crippen molar-refractivity contribution in [1.82, 2.24) is 0 Å². The summed E-state index contributed by atoms with van der Waals surface area (Å²) in [7, 11) is 0. The summed E-state index contributed by atoms with van der Waals surface area (Å²) in [6, 6.07) is 5.78. The van der Waals surface area contributed by atoms with E-state index in [1.165, 1.54) is 5.56 Å². The molecule has 0 fully saturated rings. The van der Waals surface area contributed by atoms with Gasteiger partial charge in [0.2, 0.25) is 0 Å². The third-order valence-electron chi connectivity index (χ3n) is 3.10. The number of ether oxygens (including phenoxy) is 1. The van der Waals surface area contributed by atoms with Gasteiger partial charge in [-0.15, -0.1) is 0 Å². The van der Waals surface area contributed by atoms with Gasteiger partial charge in [-0.3, -0.25) is 4.79 Å². The number of hydrogen-bond acceptors (Lipinski definition) is 3. The van der Waals surface area contributed by atoms with Gasteiger partial charge in [-0.1, -0.05) is 13.0 Å². The molecule has 0 bridgehead atoms. The van der Waals surface area contributed by atoms with Crippen molar-refractivity contribution in [2.75, 3.05) is 30.4 Å². The SMILES string of the molecule is CCCOCC(=O)N1CCCc2ccc(N)cc21. The first kappa shape index (κ1) is 12.9. The van der Waals surface area contributed by atoms with E-state index in [2.05, 4.69) is 0 Å². The van der Waals surface area contributed by atoms with Gasteiger partial charge in [0, 0.05) is 24.5 Å². The van der Waals surface area contributed by atoms with Gasteiger partial charge >= 0.3 is 0 Å². The highest BCUT2D eigenvalue weighted by Crippen LogP contribution is 2.29. The normalized spacial score (nSPS) is 14.4. The lowest BCUT2D eigenvalue weighted by molar-refractivity contribution is -0.123. The smallest absolute Gasteiger partial charge is 0.252 e. The molecular formula is C14H20N2O2. The molecule has 0 aliphatic carbocycles. The zero-order chi connectivity index (χ0) is 13.0. The molecule has 1 aromatic carbocycles. The molecule has 0 spiro atoms. The highest BCUT2D eigenvalue weighted by molar-refractivity contribution is 5.96. The summed E-state index contributed by atoms with van der Waals surface area (Å²) in [6.07, 6.45) is 2.93. The molecule has 2 rings (SSSR count). The zero-order valence-corrected chi connectivity index (χ0v) is 10.8. The highest BCUT2D eigenvalue weighted by atomic mass is 16.5. The fourth-order valence-electron chi connectivity index (χ4n) is 2.23. The Labute approximate surface area is 108 Å². The lowest BCUT2D eigenvalue weighted by Crippen LogP contribution is -2.38. The molecule has 1 aliphatic heterocycles. The molecule has 4 heteroatoms. The molecule has 1 amide bonds. The van der Waals surface area contributed by atoms with Crippen LogP contribution in [0.25, 0.3) is 0 Å². The van der Waals surface area contributed by atoms with Crippen LogP contribution in [0.2, 0.25) is 0 Å². The van der Waals surface area contributed by atoms with Crippen LogP contribution in [0.3, 0.4) is 0 Å². The topological polar surface area (TPSA) is 55.6 Å². The molecule has 98 valence electrons. The average Bonchev–Trinajstić information content (AvgIpc) is 2.38. The number of hydrogen-bond donors (Lipinski definition) is 1. The number of carbonyl (C=O) groups is 1. The Morgan fingerprint density at radius 2 is 2.33 bits per heavy atom. The van der Waals surface area contributed by atoms with E-state index >= 15 is 0 Å². The number of aryl methyl sites for hydroxylation is 1. The predicted octanol–water partition coefficient (Wildman–Crippen LogP) is 1.97. The Balaban J connectivity index is 2.11. The molecule has 1 aromatic rings. The van der Waals surface area contributed by atoms with Gasteiger partial charge < -0.3 is 15.4 Å². The van der Waals surface area contributed by atoms with E-state index in [-0.39, 0.29) is 12.5 Å². The van der Waals surface area contributed by atoms with Crippen molar-refractivity contribution in [2.24, 2.45) is 0 Å². The van der Waals surface area contributed by atoms with Gasteiger partial charge in [0.05, 0.1) is 0 Å². The summed E-state index contributed by atoms with van der Waals surface area (Å²) in [5.41, 5.74) is 8.64. The van der Waals surface area contributed by atoms with Crippen LogP contribution in [0.1, 0.15) is 25.3 Å². The van der Waals surface area contributed by atoms with Crippen molar-refractivity contribution < 1.29 is 9.53 Å². The largest absolute Gasteiger partial charge is 0.399 e. The van der Waals surface area contributed by atoms with Gasteiger partial charge in [0.25, 0.3) is 5.91 Å². The minimum absolute atomic E-state index is 0.0231. The van der Waals surface area contributed by atoms with Crippen LogP contribution in [0.4, 0.5) is 11.4 Å². The lowest BCUT2D eigenvalue weighted by atomic mass is 10.0. The molecule has 2 N–H and O–H groups in total. The first-order chi connectivity index (χ1) is 8.72. The van der Waals surface area contributed by atoms with Crippen LogP contribution in [-0.2, 0) is 16.0 Å². The van der Waals surface area contributed by atoms with Crippen LogP contribution in [0.15, 0.2) is 18.2 Å². The Bertz CT molecular complexity index is 432. The first-order valence-corrected chi connectivity index (χ1v) is 6.49. The molecular weight excluding hydrogens is 228 g/mol. The van der Waals surface area contributed by atoms with Gasteiger partial charge in [0.15, 0.2) is 0 Å². The molecule has 4 nitrogen and oxygen atoms in total. The first-order valence-electron chi connectivity index (χ1n) is 6.49. The van der Waals surface area contributed by atoms with Crippen molar-refractivity contribution in [3.8, 4) is 0 Å². The van der Waals surface area contributed by atoms with Crippen molar-refractivity contribution in [3.63, 3.8) is 0 Å². The third kappa shape index (κ3) is 2.82. The number of fused-ring (bicyclic) bond motifs is 1. The molecule has 0 atom stereocenters. The maximum atomic E-state index is 12.1. The van der Waals surface area contributed by atoms with Gasteiger partial charge in [-0.25, -0.2) is 0 Å².